The third-order valence-corrected chi connectivity index (χ3v) is 8.64. The van der Waals surface area contributed by atoms with E-state index in [2.05, 4.69) is 5.32 Å². The lowest BCUT2D eigenvalue weighted by Gasteiger charge is -2.40. The van der Waals surface area contributed by atoms with E-state index in [1.807, 2.05) is 33.9 Å². The normalized spacial score (nSPS) is 27.6. The third-order valence-electron chi connectivity index (χ3n) is 4.14. The summed E-state index contributed by atoms with van der Waals surface area (Å²) in [6.07, 6.45) is -7.05. The fourth-order valence-electron chi connectivity index (χ4n) is 1.91. The first-order valence-electron chi connectivity index (χ1n) is 6.52. The van der Waals surface area contributed by atoms with E-state index in [4.69, 9.17) is 4.43 Å². The Labute approximate surface area is 113 Å². The Hall–Kier alpha value is -0.113. The Morgan fingerprint density at radius 3 is 2.21 bits per heavy atom. The summed E-state index contributed by atoms with van der Waals surface area (Å²) in [5.74, 6) is 0. The molecule has 19 heavy (non-hydrogen) atoms. The smallest absolute Gasteiger partial charge is 0.412 e. The van der Waals surface area contributed by atoms with Crippen LogP contribution in [-0.4, -0.2) is 44.4 Å². The summed E-state index contributed by atoms with van der Waals surface area (Å²) in [4.78, 5) is 0. The molecule has 3 nitrogen and oxygen atoms in total. The standard InChI is InChI=1S/C12H24F3NO2Si/c1-11(2,3)19(4,5)18-8-6-7-16-9(8)10(17)12(13,14)15/h8-10,16-17H,6-7H2,1-5H3/t8-,9-,10+/m0/s1. The Morgan fingerprint density at radius 2 is 1.79 bits per heavy atom. The van der Waals surface area contributed by atoms with Gasteiger partial charge in [0.2, 0.25) is 0 Å². The fourth-order valence-corrected chi connectivity index (χ4v) is 3.28. The van der Waals surface area contributed by atoms with Crippen molar-refractivity contribution in [3.8, 4) is 0 Å². The highest BCUT2D eigenvalue weighted by Crippen LogP contribution is 2.39. The number of aliphatic hydroxyl groups excluding tert-OH is 1. The molecule has 0 aliphatic carbocycles. The summed E-state index contributed by atoms with van der Waals surface area (Å²) in [6, 6.07) is -1.06. The second-order valence-corrected chi connectivity index (χ2v) is 11.4. The molecule has 0 unspecified atom stereocenters. The van der Waals surface area contributed by atoms with Crippen LogP contribution in [0.25, 0.3) is 0 Å². The monoisotopic (exact) mass is 299 g/mol. The molecule has 0 bridgehead atoms. The van der Waals surface area contributed by atoms with Crippen molar-refractivity contribution in [1.82, 2.24) is 5.32 Å². The lowest BCUT2D eigenvalue weighted by molar-refractivity contribution is -0.216. The zero-order valence-electron chi connectivity index (χ0n) is 12.1. The van der Waals surface area contributed by atoms with Crippen LogP contribution < -0.4 is 5.32 Å². The van der Waals surface area contributed by atoms with Gasteiger partial charge in [-0.3, -0.25) is 0 Å². The fraction of sp³-hybridized carbons (Fsp3) is 1.00. The molecular weight excluding hydrogens is 275 g/mol. The summed E-state index contributed by atoms with van der Waals surface area (Å²) in [5.41, 5.74) is 0. The zero-order valence-corrected chi connectivity index (χ0v) is 13.1. The van der Waals surface area contributed by atoms with Crippen LogP contribution in [0.4, 0.5) is 13.2 Å². The van der Waals surface area contributed by atoms with Crippen LogP contribution in [0, 0.1) is 0 Å². The molecular formula is C12H24F3NO2Si. The van der Waals surface area contributed by atoms with Crippen LogP contribution in [0.3, 0.4) is 0 Å². The summed E-state index contributed by atoms with van der Waals surface area (Å²) in [7, 11) is -2.14. The maximum Gasteiger partial charge on any atom is 0.415 e. The lowest BCUT2D eigenvalue weighted by atomic mass is 10.1. The second kappa shape index (κ2) is 5.35. The van der Waals surface area contributed by atoms with Crippen LogP contribution in [0.2, 0.25) is 18.1 Å². The molecule has 0 aromatic rings. The molecule has 7 heteroatoms. The zero-order chi connectivity index (χ0) is 15.1. The van der Waals surface area contributed by atoms with E-state index in [9.17, 15) is 18.3 Å². The van der Waals surface area contributed by atoms with Crippen LogP contribution in [0.1, 0.15) is 27.2 Å². The van der Waals surface area contributed by atoms with E-state index in [1.54, 1.807) is 0 Å². The molecule has 1 rings (SSSR count). The third kappa shape index (κ3) is 3.93. The van der Waals surface area contributed by atoms with Crippen molar-refractivity contribution < 1.29 is 22.7 Å². The first kappa shape index (κ1) is 16.9. The van der Waals surface area contributed by atoms with Gasteiger partial charge < -0.3 is 14.8 Å². The van der Waals surface area contributed by atoms with E-state index >= 15 is 0 Å². The Kier molecular flexibility index (Phi) is 4.77. The van der Waals surface area contributed by atoms with Crippen molar-refractivity contribution in [2.75, 3.05) is 6.54 Å². The summed E-state index contributed by atoms with van der Waals surface area (Å²) >= 11 is 0. The van der Waals surface area contributed by atoms with Gasteiger partial charge in [-0.15, -0.1) is 0 Å². The molecule has 0 saturated carbocycles. The highest BCUT2D eigenvalue weighted by molar-refractivity contribution is 6.74. The minimum atomic E-state index is -4.61. The first-order chi connectivity index (χ1) is 8.36. The predicted octanol–water partition coefficient (Wildman–Crippen LogP) is 2.66. The SMILES string of the molecule is CC(C)(C)[Si](C)(C)O[C@H]1CCN[C@@H]1[C@@H](O)C(F)(F)F. The van der Waals surface area contributed by atoms with E-state index in [0.717, 1.165) is 0 Å². The molecule has 3 atom stereocenters. The quantitative estimate of drug-likeness (QED) is 0.787. The number of hydrogen-bond donors (Lipinski definition) is 2. The van der Waals surface area contributed by atoms with Gasteiger partial charge in [0.05, 0.1) is 12.1 Å². The van der Waals surface area contributed by atoms with Gasteiger partial charge in [0.1, 0.15) is 0 Å². The molecule has 0 amide bonds. The highest BCUT2D eigenvalue weighted by Gasteiger charge is 2.50. The average Bonchev–Trinajstić information content (AvgIpc) is 2.60. The van der Waals surface area contributed by atoms with Crippen LogP contribution in [0.15, 0.2) is 0 Å². The van der Waals surface area contributed by atoms with Crippen molar-refractivity contribution in [2.45, 2.75) is 69.8 Å². The molecule has 0 spiro atoms. The Bertz CT molecular complexity index is 315. The largest absolute Gasteiger partial charge is 0.415 e. The maximum atomic E-state index is 12.6. The van der Waals surface area contributed by atoms with E-state index in [1.165, 1.54) is 0 Å². The Balaban J connectivity index is 2.78. The summed E-state index contributed by atoms with van der Waals surface area (Å²) in [6.45, 7) is 10.6. The van der Waals surface area contributed by atoms with Crippen molar-refractivity contribution in [1.29, 1.82) is 0 Å². The highest BCUT2D eigenvalue weighted by atomic mass is 28.4. The molecule has 0 aromatic heterocycles. The van der Waals surface area contributed by atoms with Gasteiger partial charge in [0, 0.05) is 0 Å². The van der Waals surface area contributed by atoms with Gasteiger partial charge >= 0.3 is 6.18 Å². The molecule has 0 aromatic carbocycles. The van der Waals surface area contributed by atoms with Gasteiger partial charge in [-0.25, -0.2) is 0 Å². The van der Waals surface area contributed by atoms with Crippen molar-refractivity contribution >= 4 is 8.32 Å². The Morgan fingerprint density at radius 1 is 1.26 bits per heavy atom. The number of halogens is 3. The number of aliphatic hydroxyl groups is 1. The molecule has 1 aliphatic rings. The molecule has 0 radical (unpaired) electrons. The topological polar surface area (TPSA) is 41.5 Å². The van der Waals surface area contributed by atoms with E-state index in [-0.39, 0.29) is 5.04 Å². The minimum absolute atomic E-state index is 0.0661. The van der Waals surface area contributed by atoms with E-state index in [0.29, 0.717) is 13.0 Å². The molecule has 1 heterocycles. The number of nitrogens with one attached hydrogen (secondary N) is 1. The average molecular weight is 299 g/mol. The summed E-state index contributed by atoms with van der Waals surface area (Å²) in [5, 5.41) is 12.1. The molecule has 2 N–H and O–H groups in total. The summed E-state index contributed by atoms with van der Waals surface area (Å²) < 4.78 is 43.8. The lowest BCUT2D eigenvalue weighted by Crippen LogP contribution is -2.54. The van der Waals surface area contributed by atoms with Gasteiger partial charge in [-0.05, 0) is 31.1 Å². The van der Waals surface area contributed by atoms with E-state index < -0.39 is 32.7 Å². The maximum absolute atomic E-state index is 12.6. The number of alkyl halides is 3. The van der Waals surface area contributed by atoms with Crippen molar-refractivity contribution in [3.63, 3.8) is 0 Å². The molecule has 1 aliphatic heterocycles. The van der Waals surface area contributed by atoms with Crippen molar-refractivity contribution in [2.24, 2.45) is 0 Å². The van der Waals surface area contributed by atoms with Gasteiger partial charge in [0.15, 0.2) is 14.4 Å². The first-order valence-corrected chi connectivity index (χ1v) is 9.43. The number of rotatable bonds is 3. The second-order valence-electron chi connectivity index (χ2n) is 6.67. The van der Waals surface area contributed by atoms with Crippen LogP contribution >= 0.6 is 0 Å². The van der Waals surface area contributed by atoms with Gasteiger partial charge in [0.25, 0.3) is 0 Å². The molecule has 114 valence electrons. The van der Waals surface area contributed by atoms with Gasteiger partial charge in [-0.2, -0.15) is 13.2 Å². The van der Waals surface area contributed by atoms with Crippen molar-refractivity contribution in [3.05, 3.63) is 0 Å². The predicted molar refractivity (Wildman–Crippen MR) is 70.5 cm³/mol. The van der Waals surface area contributed by atoms with Crippen LogP contribution in [0.5, 0.6) is 0 Å². The molecule has 1 saturated heterocycles. The molecule has 1 fully saturated rings. The number of hydrogen-bond acceptors (Lipinski definition) is 3. The minimum Gasteiger partial charge on any atom is -0.412 e. The van der Waals surface area contributed by atoms with Gasteiger partial charge in [-0.1, -0.05) is 20.8 Å². The van der Waals surface area contributed by atoms with Crippen LogP contribution in [-0.2, 0) is 4.43 Å².